The molecule has 0 radical (unpaired) electrons. The Balaban J connectivity index is 1.45. The monoisotopic (exact) mass is 452 g/mol. The Kier molecular flexibility index (Phi) is 8.20. The van der Waals surface area contributed by atoms with E-state index < -0.39 is 24.0 Å². The number of nitrogens with one attached hydrogen (secondary N) is 2. The molecule has 0 aromatic carbocycles. The van der Waals surface area contributed by atoms with Crippen LogP contribution < -0.4 is 16.4 Å². The molecule has 1 aliphatic heterocycles. The van der Waals surface area contributed by atoms with Crippen LogP contribution in [0.3, 0.4) is 0 Å². The molecule has 8 nitrogen and oxygen atoms in total. The zero-order valence-corrected chi connectivity index (χ0v) is 17.6. The summed E-state index contributed by atoms with van der Waals surface area (Å²) in [6.45, 7) is 1.29. The number of rotatable bonds is 10. The van der Waals surface area contributed by atoms with Gasteiger partial charge in [0.25, 0.3) is 0 Å². The highest BCUT2D eigenvalue weighted by Gasteiger charge is 2.35. The normalized spacial score (nSPS) is 14.2. The van der Waals surface area contributed by atoms with Crippen molar-refractivity contribution in [2.24, 2.45) is 5.73 Å². The van der Waals surface area contributed by atoms with Gasteiger partial charge in [0.2, 0.25) is 5.82 Å². The van der Waals surface area contributed by atoms with Gasteiger partial charge in [0, 0.05) is 18.4 Å². The van der Waals surface area contributed by atoms with Crippen LogP contribution in [-0.2, 0) is 28.5 Å². The molecule has 1 aliphatic rings. The minimum atomic E-state index is -4.68. The highest BCUT2D eigenvalue weighted by molar-refractivity contribution is 5.78. The first-order chi connectivity index (χ1) is 15.4. The quantitative estimate of drug-likeness (QED) is 0.372. The third-order valence-electron chi connectivity index (χ3n) is 4.99. The maximum Gasteiger partial charge on any atom is 0.451 e. The molecule has 1 unspecified atom stereocenters. The number of halogens is 3. The number of pyridine rings is 1. The molecule has 2 aromatic heterocycles. The minimum Gasteiger partial charge on any atom is -0.464 e. The van der Waals surface area contributed by atoms with E-state index >= 15 is 0 Å². The van der Waals surface area contributed by atoms with Crippen molar-refractivity contribution >= 4 is 17.6 Å². The number of anilines is 2. The van der Waals surface area contributed by atoms with Crippen molar-refractivity contribution in [2.75, 3.05) is 30.3 Å². The molecule has 3 heterocycles. The number of alkyl halides is 3. The first kappa shape index (κ1) is 23.7. The van der Waals surface area contributed by atoms with Gasteiger partial charge in [-0.05, 0) is 62.8 Å². The van der Waals surface area contributed by atoms with E-state index in [1.54, 1.807) is 0 Å². The van der Waals surface area contributed by atoms with Crippen LogP contribution >= 0.6 is 0 Å². The van der Waals surface area contributed by atoms with Gasteiger partial charge in [0.05, 0.1) is 6.61 Å². The number of hydrogen-bond acceptors (Lipinski definition) is 8. The highest BCUT2D eigenvalue weighted by Crippen LogP contribution is 2.26. The number of hydrogen-bond donors (Lipinski definition) is 3. The van der Waals surface area contributed by atoms with Crippen LogP contribution in [0.2, 0.25) is 0 Å². The first-order valence-corrected chi connectivity index (χ1v) is 10.6. The Morgan fingerprint density at radius 3 is 2.88 bits per heavy atom. The summed E-state index contributed by atoms with van der Waals surface area (Å²) in [4.78, 5) is 23.6. The molecule has 0 spiro atoms. The van der Waals surface area contributed by atoms with E-state index in [2.05, 4.69) is 31.7 Å². The maximum atomic E-state index is 12.8. The molecular formula is C21H27F3N6O2. The van der Waals surface area contributed by atoms with Gasteiger partial charge in [-0.2, -0.15) is 13.2 Å². The van der Waals surface area contributed by atoms with Crippen molar-refractivity contribution in [3.8, 4) is 0 Å². The van der Waals surface area contributed by atoms with Crippen LogP contribution in [0, 0.1) is 0 Å². The largest absolute Gasteiger partial charge is 0.464 e. The molecule has 0 aliphatic carbocycles. The lowest BCUT2D eigenvalue weighted by Crippen LogP contribution is -2.34. The standard InChI is InChI=1S/C21H27F3N6O2/c22-21(23,24)20-27-12-9-17(30-20)29-16(8-10-25)19(31)32-13-2-1-5-15-7-6-14-4-3-11-26-18(14)28-15/h6-7,9,12,16H,1-5,8,10-11,13,25H2,(H,26,28)(H,27,29,30). The average molecular weight is 452 g/mol. The third kappa shape index (κ3) is 6.78. The van der Waals surface area contributed by atoms with E-state index in [4.69, 9.17) is 10.5 Å². The lowest BCUT2D eigenvalue weighted by Gasteiger charge is -2.18. The van der Waals surface area contributed by atoms with E-state index in [0.717, 1.165) is 49.9 Å². The Hall–Kier alpha value is -2.95. The second-order valence-corrected chi connectivity index (χ2v) is 7.50. The Bertz CT molecular complexity index is 909. The molecule has 1 atom stereocenters. The molecular weight excluding hydrogens is 425 g/mol. The number of esters is 1. The van der Waals surface area contributed by atoms with Crippen LogP contribution in [-0.4, -0.2) is 46.7 Å². The van der Waals surface area contributed by atoms with Gasteiger partial charge in [0.15, 0.2) is 0 Å². The molecule has 174 valence electrons. The summed E-state index contributed by atoms with van der Waals surface area (Å²) in [5.41, 5.74) is 7.75. The zero-order valence-electron chi connectivity index (χ0n) is 17.6. The van der Waals surface area contributed by atoms with Crippen molar-refractivity contribution in [3.63, 3.8) is 0 Å². The molecule has 11 heteroatoms. The molecule has 3 rings (SSSR count). The first-order valence-electron chi connectivity index (χ1n) is 10.6. The highest BCUT2D eigenvalue weighted by atomic mass is 19.4. The molecule has 4 N–H and O–H groups in total. The predicted octanol–water partition coefficient (Wildman–Crippen LogP) is 2.94. The molecule has 0 bridgehead atoms. The lowest BCUT2D eigenvalue weighted by atomic mass is 10.1. The lowest BCUT2D eigenvalue weighted by molar-refractivity contribution is -0.145. The maximum absolute atomic E-state index is 12.8. The van der Waals surface area contributed by atoms with Crippen LogP contribution in [0.1, 0.15) is 42.8 Å². The second kappa shape index (κ2) is 11.1. The average Bonchev–Trinajstić information content (AvgIpc) is 2.78. The number of carbonyl (C=O) groups excluding carboxylic acids is 1. The van der Waals surface area contributed by atoms with E-state index in [-0.39, 0.29) is 25.4 Å². The Morgan fingerprint density at radius 1 is 1.25 bits per heavy atom. The number of fused-ring (bicyclic) bond motifs is 1. The van der Waals surface area contributed by atoms with Gasteiger partial charge in [0.1, 0.15) is 17.7 Å². The van der Waals surface area contributed by atoms with Crippen molar-refractivity contribution in [3.05, 3.63) is 41.5 Å². The number of carbonyl (C=O) groups is 1. The molecule has 0 fully saturated rings. The van der Waals surface area contributed by atoms with Crippen molar-refractivity contribution in [1.29, 1.82) is 0 Å². The topological polar surface area (TPSA) is 115 Å². The summed E-state index contributed by atoms with van der Waals surface area (Å²) in [5, 5.41) is 5.97. The van der Waals surface area contributed by atoms with Gasteiger partial charge in [-0.1, -0.05) is 6.07 Å². The third-order valence-corrected chi connectivity index (χ3v) is 4.99. The van der Waals surface area contributed by atoms with Gasteiger partial charge < -0.3 is 21.1 Å². The molecule has 0 saturated heterocycles. The van der Waals surface area contributed by atoms with Crippen molar-refractivity contribution < 1.29 is 22.7 Å². The van der Waals surface area contributed by atoms with Crippen molar-refractivity contribution in [2.45, 2.75) is 50.7 Å². The number of ether oxygens (including phenoxy) is 1. The molecule has 0 amide bonds. The summed E-state index contributed by atoms with van der Waals surface area (Å²) in [5.74, 6) is -1.03. The summed E-state index contributed by atoms with van der Waals surface area (Å²) >= 11 is 0. The fourth-order valence-corrected chi connectivity index (χ4v) is 3.36. The summed E-state index contributed by atoms with van der Waals surface area (Å²) in [6.07, 6.45) is 0.830. The van der Waals surface area contributed by atoms with Crippen LogP contribution in [0.25, 0.3) is 0 Å². The number of nitrogens with zero attached hydrogens (tertiary/aromatic N) is 3. The van der Waals surface area contributed by atoms with Crippen LogP contribution in [0.4, 0.5) is 24.8 Å². The fourth-order valence-electron chi connectivity index (χ4n) is 3.36. The fraction of sp³-hybridized carbons (Fsp3) is 0.524. The Labute approximate surface area is 184 Å². The van der Waals surface area contributed by atoms with Gasteiger partial charge >= 0.3 is 12.1 Å². The zero-order chi connectivity index (χ0) is 23.0. The second-order valence-electron chi connectivity index (χ2n) is 7.50. The number of nitrogens with two attached hydrogens (primary N) is 1. The number of aryl methyl sites for hydroxylation is 2. The van der Waals surface area contributed by atoms with E-state index in [1.165, 1.54) is 11.6 Å². The molecule has 2 aromatic rings. The predicted molar refractivity (Wildman–Crippen MR) is 113 cm³/mol. The molecule has 32 heavy (non-hydrogen) atoms. The van der Waals surface area contributed by atoms with Gasteiger partial charge in [-0.15, -0.1) is 0 Å². The van der Waals surface area contributed by atoms with Gasteiger partial charge in [-0.3, -0.25) is 0 Å². The summed E-state index contributed by atoms with van der Waals surface area (Å²) < 4.78 is 43.7. The van der Waals surface area contributed by atoms with Gasteiger partial charge in [-0.25, -0.2) is 19.7 Å². The van der Waals surface area contributed by atoms with Crippen molar-refractivity contribution in [1.82, 2.24) is 15.0 Å². The van der Waals surface area contributed by atoms with Crippen LogP contribution in [0.5, 0.6) is 0 Å². The molecule has 0 saturated carbocycles. The smallest absolute Gasteiger partial charge is 0.451 e. The number of aromatic nitrogens is 3. The SMILES string of the molecule is NCCC(Nc1ccnc(C(F)(F)F)n1)C(=O)OCCCCc1ccc2c(n1)NCCC2. The van der Waals surface area contributed by atoms with Crippen LogP contribution in [0.15, 0.2) is 24.4 Å². The summed E-state index contributed by atoms with van der Waals surface area (Å²) in [6, 6.07) is 4.48. The van der Waals surface area contributed by atoms with E-state index in [1.807, 2.05) is 6.07 Å². The Morgan fingerprint density at radius 2 is 2.09 bits per heavy atom. The minimum absolute atomic E-state index is 0.116. The van der Waals surface area contributed by atoms with E-state index in [9.17, 15) is 18.0 Å². The summed E-state index contributed by atoms with van der Waals surface area (Å²) in [7, 11) is 0. The van der Waals surface area contributed by atoms with E-state index in [0.29, 0.717) is 6.42 Å². The number of unbranched alkanes of at least 4 members (excludes halogenated alkanes) is 1.